The van der Waals surface area contributed by atoms with Crippen LogP contribution in [0.4, 0.5) is 15.8 Å². The summed E-state index contributed by atoms with van der Waals surface area (Å²) in [7, 11) is 0. The Morgan fingerprint density at radius 3 is 2.94 bits per heavy atom. The molecule has 0 amide bonds. The number of rotatable bonds is 4. The van der Waals surface area contributed by atoms with Gasteiger partial charge in [-0.1, -0.05) is 11.6 Å². The predicted molar refractivity (Wildman–Crippen MR) is 64.0 cm³/mol. The summed E-state index contributed by atoms with van der Waals surface area (Å²) in [5.74, 6) is -0.822. The molecule has 1 heterocycles. The third-order valence-corrected chi connectivity index (χ3v) is 2.56. The van der Waals surface area contributed by atoms with Crippen LogP contribution in [0.15, 0.2) is 24.5 Å². The zero-order valence-corrected chi connectivity index (χ0v) is 9.74. The van der Waals surface area contributed by atoms with E-state index in [1.807, 2.05) is 0 Å². The molecule has 0 aliphatic heterocycles. The molecule has 0 saturated carbocycles. The van der Waals surface area contributed by atoms with Crippen molar-refractivity contribution in [2.24, 2.45) is 0 Å². The van der Waals surface area contributed by atoms with E-state index < -0.39 is 10.7 Å². The second kappa shape index (κ2) is 5.01. The van der Waals surface area contributed by atoms with Crippen LogP contribution in [0.2, 0.25) is 5.02 Å². The van der Waals surface area contributed by atoms with E-state index in [1.165, 1.54) is 6.07 Å². The summed E-state index contributed by atoms with van der Waals surface area (Å²) in [5, 5.41) is 19.8. The number of nitrogens with zero attached hydrogens (tertiary/aromatic N) is 2. The molecule has 8 heteroatoms. The highest BCUT2D eigenvalue weighted by Gasteiger charge is 2.17. The zero-order chi connectivity index (χ0) is 13.1. The number of hydrogen-bond acceptors (Lipinski definition) is 4. The predicted octanol–water partition coefficient (Wildman–Crippen LogP) is 2.72. The molecule has 0 saturated heterocycles. The van der Waals surface area contributed by atoms with Crippen molar-refractivity contribution in [3.8, 4) is 0 Å². The molecule has 2 aromatic rings. The Morgan fingerprint density at radius 2 is 2.33 bits per heavy atom. The highest BCUT2D eigenvalue weighted by atomic mass is 35.5. The Hall–Kier alpha value is -2.15. The average molecular weight is 271 g/mol. The van der Waals surface area contributed by atoms with Crippen LogP contribution < -0.4 is 5.32 Å². The van der Waals surface area contributed by atoms with E-state index in [9.17, 15) is 14.5 Å². The first-order valence-electron chi connectivity index (χ1n) is 4.93. The largest absolute Gasteiger partial charge is 0.375 e. The van der Waals surface area contributed by atoms with Gasteiger partial charge in [-0.2, -0.15) is 5.10 Å². The van der Waals surface area contributed by atoms with Crippen LogP contribution in [0.1, 0.15) is 5.56 Å². The maximum Gasteiger partial charge on any atom is 0.295 e. The normalized spacial score (nSPS) is 10.3. The smallest absolute Gasteiger partial charge is 0.295 e. The molecule has 0 bridgehead atoms. The molecule has 0 fully saturated rings. The fraction of sp³-hybridized carbons (Fsp3) is 0.100. The lowest BCUT2D eigenvalue weighted by molar-refractivity contribution is -0.384. The second-order valence-electron chi connectivity index (χ2n) is 3.50. The van der Waals surface area contributed by atoms with Gasteiger partial charge in [0.25, 0.3) is 5.69 Å². The number of nitrogens with one attached hydrogen (secondary N) is 2. The number of nitro groups is 1. The van der Waals surface area contributed by atoms with Crippen molar-refractivity contribution in [3.63, 3.8) is 0 Å². The van der Waals surface area contributed by atoms with Gasteiger partial charge in [-0.05, 0) is 6.07 Å². The Balaban J connectivity index is 2.25. The molecule has 0 aliphatic rings. The van der Waals surface area contributed by atoms with Gasteiger partial charge in [0.1, 0.15) is 11.5 Å². The number of halogens is 2. The summed E-state index contributed by atoms with van der Waals surface area (Å²) in [5.41, 5.74) is 0.609. The maximum atomic E-state index is 13.2. The van der Waals surface area contributed by atoms with E-state index in [0.29, 0.717) is 6.54 Å². The summed E-state index contributed by atoms with van der Waals surface area (Å²) in [6, 6.07) is 1.98. The first kappa shape index (κ1) is 12.3. The van der Waals surface area contributed by atoms with Gasteiger partial charge in [0, 0.05) is 18.3 Å². The first-order valence-corrected chi connectivity index (χ1v) is 5.30. The lowest BCUT2D eigenvalue weighted by atomic mass is 10.2. The monoisotopic (exact) mass is 270 g/mol. The lowest BCUT2D eigenvalue weighted by Crippen LogP contribution is -2.02. The van der Waals surface area contributed by atoms with Crippen molar-refractivity contribution in [1.82, 2.24) is 10.2 Å². The summed E-state index contributed by atoms with van der Waals surface area (Å²) in [6.45, 7) is 0.319. The topological polar surface area (TPSA) is 83.8 Å². The van der Waals surface area contributed by atoms with E-state index in [4.69, 9.17) is 11.6 Å². The van der Waals surface area contributed by atoms with E-state index >= 15 is 0 Å². The van der Waals surface area contributed by atoms with Gasteiger partial charge in [0.15, 0.2) is 0 Å². The molecule has 0 unspecified atom stereocenters. The molecule has 1 aromatic carbocycles. The Morgan fingerprint density at radius 1 is 1.56 bits per heavy atom. The second-order valence-corrected chi connectivity index (χ2v) is 3.91. The Bertz CT molecular complexity index is 574. The van der Waals surface area contributed by atoms with Crippen molar-refractivity contribution in [2.45, 2.75) is 6.54 Å². The fourth-order valence-corrected chi connectivity index (χ4v) is 1.56. The Kier molecular flexibility index (Phi) is 3.42. The minimum absolute atomic E-state index is 0.160. The summed E-state index contributed by atoms with van der Waals surface area (Å²) in [4.78, 5) is 10.1. The van der Waals surface area contributed by atoms with Crippen LogP contribution in [0.25, 0.3) is 0 Å². The number of H-pyrrole nitrogens is 1. The summed E-state index contributed by atoms with van der Waals surface area (Å²) < 4.78 is 13.2. The molecule has 0 radical (unpaired) electrons. The Labute approximate surface area is 106 Å². The van der Waals surface area contributed by atoms with Gasteiger partial charge in [-0.3, -0.25) is 15.2 Å². The highest BCUT2D eigenvalue weighted by molar-refractivity contribution is 6.31. The lowest BCUT2D eigenvalue weighted by Gasteiger charge is -2.06. The van der Waals surface area contributed by atoms with Crippen molar-refractivity contribution in [1.29, 1.82) is 0 Å². The molecule has 6 nitrogen and oxygen atoms in total. The number of benzene rings is 1. The summed E-state index contributed by atoms with van der Waals surface area (Å²) >= 11 is 5.60. The van der Waals surface area contributed by atoms with E-state index in [-0.39, 0.29) is 16.4 Å². The molecule has 2 N–H and O–H groups in total. The van der Waals surface area contributed by atoms with Crippen LogP contribution in [0, 0.1) is 15.9 Å². The number of hydrogen-bond donors (Lipinski definition) is 2. The van der Waals surface area contributed by atoms with E-state index in [0.717, 1.165) is 11.6 Å². The minimum atomic E-state index is -0.822. The average Bonchev–Trinajstić information content (AvgIpc) is 2.83. The third-order valence-electron chi connectivity index (χ3n) is 2.27. The number of aromatic nitrogens is 2. The van der Waals surface area contributed by atoms with Gasteiger partial charge in [0.05, 0.1) is 22.2 Å². The van der Waals surface area contributed by atoms with Crippen LogP contribution >= 0.6 is 11.6 Å². The molecule has 94 valence electrons. The highest BCUT2D eigenvalue weighted by Crippen LogP contribution is 2.30. The van der Waals surface area contributed by atoms with Crippen molar-refractivity contribution >= 4 is 23.0 Å². The van der Waals surface area contributed by atoms with E-state index in [2.05, 4.69) is 15.5 Å². The van der Waals surface area contributed by atoms with Gasteiger partial charge < -0.3 is 5.32 Å². The van der Waals surface area contributed by atoms with Crippen LogP contribution in [-0.2, 0) is 6.54 Å². The molecule has 2 rings (SSSR count). The zero-order valence-electron chi connectivity index (χ0n) is 8.98. The first-order chi connectivity index (χ1) is 8.58. The van der Waals surface area contributed by atoms with Gasteiger partial charge in [0.2, 0.25) is 0 Å². The molecule has 0 atom stereocenters. The molecular formula is C10H8ClFN4O2. The number of aromatic amines is 1. The van der Waals surface area contributed by atoms with Gasteiger partial charge >= 0.3 is 0 Å². The van der Waals surface area contributed by atoms with Crippen molar-refractivity contribution < 1.29 is 9.31 Å². The molecule has 0 aliphatic carbocycles. The van der Waals surface area contributed by atoms with Crippen LogP contribution in [-0.4, -0.2) is 15.1 Å². The standard InChI is InChI=1S/C10H8ClFN4O2/c11-7-1-9(10(16(17)18)2-8(7)12)13-3-6-4-14-15-5-6/h1-2,4-5,13H,3H2,(H,14,15). The van der Waals surface area contributed by atoms with Gasteiger partial charge in [-0.15, -0.1) is 0 Å². The molecule has 1 aromatic heterocycles. The summed E-state index contributed by atoms with van der Waals surface area (Å²) in [6.07, 6.45) is 3.22. The van der Waals surface area contributed by atoms with Crippen LogP contribution in [0.5, 0.6) is 0 Å². The molecular weight excluding hydrogens is 263 g/mol. The van der Waals surface area contributed by atoms with Gasteiger partial charge in [-0.25, -0.2) is 4.39 Å². The van der Waals surface area contributed by atoms with E-state index in [1.54, 1.807) is 12.4 Å². The van der Waals surface area contributed by atoms with Crippen molar-refractivity contribution in [2.75, 3.05) is 5.32 Å². The van der Waals surface area contributed by atoms with Crippen molar-refractivity contribution in [3.05, 3.63) is 51.0 Å². The molecule has 0 spiro atoms. The fourth-order valence-electron chi connectivity index (χ4n) is 1.40. The number of anilines is 1. The quantitative estimate of drug-likeness (QED) is 0.661. The number of nitro benzene ring substituents is 1. The maximum absolute atomic E-state index is 13.2. The molecule has 18 heavy (non-hydrogen) atoms. The third kappa shape index (κ3) is 2.57. The van der Waals surface area contributed by atoms with Crippen LogP contribution in [0.3, 0.4) is 0 Å². The minimum Gasteiger partial charge on any atom is -0.375 e. The SMILES string of the molecule is O=[N+]([O-])c1cc(F)c(Cl)cc1NCc1cn[nH]c1.